The van der Waals surface area contributed by atoms with Crippen LogP contribution in [0.4, 0.5) is 5.69 Å². The van der Waals surface area contributed by atoms with Gasteiger partial charge >= 0.3 is 0 Å². The molecule has 1 atom stereocenters. The first-order chi connectivity index (χ1) is 10.6. The van der Waals surface area contributed by atoms with E-state index >= 15 is 0 Å². The molecule has 0 saturated heterocycles. The second-order valence-corrected chi connectivity index (χ2v) is 5.80. The van der Waals surface area contributed by atoms with Gasteiger partial charge in [0.05, 0.1) is 6.04 Å². The van der Waals surface area contributed by atoms with E-state index in [2.05, 4.69) is 35.4 Å². The fraction of sp³-hybridized carbons (Fsp3) is 0.211. The number of fused-ring (bicyclic) bond motifs is 1. The summed E-state index contributed by atoms with van der Waals surface area (Å²) in [7, 11) is 0. The summed E-state index contributed by atoms with van der Waals surface area (Å²) >= 11 is 0. The number of rotatable bonds is 4. The Hall–Kier alpha value is -2.55. The topological polar surface area (TPSA) is 44.9 Å². The van der Waals surface area contributed by atoms with Gasteiger partial charge in [-0.15, -0.1) is 0 Å². The van der Waals surface area contributed by atoms with Crippen LogP contribution in [0, 0.1) is 13.8 Å². The van der Waals surface area contributed by atoms with E-state index < -0.39 is 0 Å². The minimum atomic E-state index is -0.278. The summed E-state index contributed by atoms with van der Waals surface area (Å²) in [4.78, 5) is 15.9. The quantitative estimate of drug-likeness (QED) is 0.697. The molecular weight excluding hydrogens is 272 g/mol. The molecule has 0 amide bonds. The number of Topliss-reactive ketones (excluding diaryl/α,β-unsaturated/α-hetero) is 1. The average molecular weight is 292 g/mol. The van der Waals surface area contributed by atoms with Crippen molar-refractivity contribution in [3.8, 4) is 0 Å². The third-order valence-electron chi connectivity index (χ3n) is 4.01. The maximum absolute atomic E-state index is 12.7. The predicted molar refractivity (Wildman–Crippen MR) is 91.6 cm³/mol. The van der Waals surface area contributed by atoms with Gasteiger partial charge in [-0.25, -0.2) is 0 Å². The van der Waals surface area contributed by atoms with Crippen molar-refractivity contribution in [1.29, 1.82) is 0 Å². The van der Waals surface area contributed by atoms with Gasteiger partial charge in [-0.2, -0.15) is 0 Å². The molecule has 0 aliphatic carbocycles. The summed E-state index contributed by atoms with van der Waals surface area (Å²) in [5.74, 6) is 0.0957. The van der Waals surface area contributed by atoms with E-state index in [-0.39, 0.29) is 11.8 Å². The monoisotopic (exact) mass is 292 g/mol. The molecule has 0 saturated carbocycles. The number of ketones is 1. The third-order valence-corrected chi connectivity index (χ3v) is 4.01. The Labute approximate surface area is 130 Å². The number of aryl methyl sites for hydroxylation is 2. The number of carbonyl (C=O) groups excluding carboxylic acids is 1. The molecule has 22 heavy (non-hydrogen) atoms. The fourth-order valence-corrected chi connectivity index (χ4v) is 2.70. The van der Waals surface area contributed by atoms with Crippen LogP contribution in [0.1, 0.15) is 28.4 Å². The maximum atomic E-state index is 12.7. The summed E-state index contributed by atoms with van der Waals surface area (Å²) in [5, 5.41) is 4.31. The molecular formula is C19H20N2O. The lowest BCUT2D eigenvalue weighted by atomic mass is 10.0. The first-order valence-electron chi connectivity index (χ1n) is 7.50. The van der Waals surface area contributed by atoms with Crippen molar-refractivity contribution in [2.45, 2.75) is 26.8 Å². The summed E-state index contributed by atoms with van der Waals surface area (Å²) in [6, 6.07) is 13.8. The number of hydrogen-bond acceptors (Lipinski definition) is 2. The molecule has 0 aliphatic heterocycles. The van der Waals surface area contributed by atoms with Gasteiger partial charge in [0.25, 0.3) is 0 Å². The maximum Gasteiger partial charge on any atom is 0.186 e. The van der Waals surface area contributed by atoms with Crippen molar-refractivity contribution in [1.82, 2.24) is 4.98 Å². The molecule has 2 aromatic carbocycles. The van der Waals surface area contributed by atoms with Crippen LogP contribution in [0.3, 0.4) is 0 Å². The second-order valence-electron chi connectivity index (χ2n) is 5.80. The Kier molecular flexibility index (Phi) is 3.72. The van der Waals surface area contributed by atoms with Crippen LogP contribution >= 0.6 is 0 Å². The van der Waals surface area contributed by atoms with Crippen LogP contribution in [0.15, 0.2) is 48.7 Å². The molecule has 3 nitrogen and oxygen atoms in total. The molecule has 0 aliphatic rings. The largest absolute Gasteiger partial charge is 0.375 e. The lowest BCUT2D eigenvalue weighted by Gasteiger charge is -2.16. The zero-order valence-electron chi connectivity index (χ0n) is 13.1. The number of H-pyrrole nitrogens is 1. The normalized spacial score (nSPS) is 12.3. The van der Waals surface area contributed by atoms with Gasteiger partial charge < -0.3 is 10.3 Å². The van der Waals surface area contributed by atoms with Crippen molar-refractivity contribution in [2.24, 2.45) is 0 Å². The highest BCUT2D eigenvalue weighted by Gasteiger charge is 2.19. The molecule has 112 valence electrons. The number of aromatic nitrogens is 1. The molecule has 3 rings (SSSR count). The van der Waals surface area contributed by atoms with E-state index in [0.717, 1.165) is 27.7 Å². The van der Waals surface area contributed by atoms with Crippen LogP contribution in [-0.4, -0.2) is 16.8 Å². The zero-order valence-corrected chi connectivity index (χ0v) is 13.1. The Morgan fingerprint density at radius 1 is 1.14 bits per heavy atom. The van der Waals surface area contributed by atoms with E-state index in [1.165, 1.54) is 5.56 Å². The Morgan fingerprint density at radius 2 is 1.91 bits per heavy atom. The van der Waals surface area contributed by atoms with E-state index in [1.807, 2.05) is 38.1 Å². The lowest BCUT2D eigenvalue weighted by molar-refractivity contribution is 0.0977. The van der Waals surface area contributed by atoms with Gasteiger partial charge in [-0.1, -0.05) is 30.3 Å². The zero-order chi connectivity index (χ0) is 15.7. The molecule has 1 unspecified atom stereocenters. The van der Waals surface area contributed by atoms with Gasteiger partial charge in [-0.3, -0.25) is 4.79 Å². The number of carbonyl (C=O) groups is 1. The summed E-state index contributed by atoms with van der Waals surface area (Å²) < 4.78 is 0. The number of nitrogens with one attached hydrogen (secondary N) is 2. The van der Waals surface area contributed by atoms with Crippen molar-refractivity contribution >= 4 is 22.4 Å². The van der Waals surface area contributed by atoms with E-state index in [4.69, 9.17) is 0 Å². The first-order valence-corrected chi connectivity index (χ1v) is 7.50. The minimum Gasteiger partial charge on any atom is -0.375 e. The summed E-state index contributed by atoms with van der Waals surface area (Å²) in [6.07, 6.45) is 1.80. The van der Waals surface area contributed by atoms with Crippen molar-refractivity contribution in [3.63, 3.8) is 0 Å². The molecule has 2 N–H and O–H groups in total. The smallest absolute Gasteiger partial charge is 0.186 e. The third kappa shape index (κ3) is 2.62. The van der Waals surface area contributed by atoms with Crippen molar-refractivity contribution in [2.75, 3.05) is 5.32 Å². The molecule has 0 spiro atoms. The highest BCUT2D eigenvalue weighted by molar-refractivity contribution is 6.11. The Morgan fingerprint density at radius 3 is 2.73 bits per heavy atom. The van der Waals surface area contributed by atoms with Gasteiger partial charge in [-0.05, 0) is 44.0 Å². The first kappa shape index (κ1) is 14.4. The van der Waals surface area contributed by atoms with Crippen molar-refractivity contribution in [3.05, 3.63) is 65.4 Å². The predicted octanol–water partition coefficient (Wildman–Crippen LogP) is 4.47. The Bertz CT molecular complexity index is 832. The van der Waals surface area contributed by atoms with Gasteiger partial charge in [0.15, 0.2) is 5.78 Å². The number of hydrogen-bond donors (Lipinski definition) is 2. The van der Waals surface area contributed by atoms with E-state index in [0.29, 0.717) is 0 Å². The number of aromatic amines is 1. The number of benzene rings is 2. The fourth-order valence-electron chi connectivity index (χ4n) is 2.70. The second kappa shape index (κ2) is 5.68. The van der Waals surface area contributed by atoms with Gasteiger partial charge in [0.1, 0.15) is 0 Å². The number of anilines is 1. The molecule has 1 heterocycles. The SMILES string of the molecule is Cc1ccc(C)c(NC(C)C(=O)c2c[nH]c3ccccc23)c1. The van der Waals surface area contributed by atoms with Crippen LogP contribution in [0.5, 0.6) is 0 Å². The van der Waals surface area contributed by atoms with Crippen LogP contribution < -0.4 is 5.32 Å². The summed E-state index contributed by atoms with van der Waals surface area (Å²) in [5.41, 5.74) is 5.07. The minimum absolute atomic E-state index is 0.0957. The Balaban J connectivity index is 1.87. The number of para-hydroxylation sites is 1. The molecule has 0 fully saturated rings. The van der Waals surface area contributed by atoms with E-state index in [1.54, 1.807) is 6.20 Å². The molecule has 0 bridgehead atoms. The van der Waals surface area contributed by atoms with Crippen molar-refractivity contribution < 1.29 is 4.79 Å². The molecule has 3 aromatic rings. The molecule has 0 radical (unpaired) electrons. The van der Waals surface area contributed by atoms with Crippen LogP contribution in [0.2, 0.25) is 0 Å². The summed E-state index contributed by atoms with van der Waals surface area (Å²) in [6.45, 7) is 6.01. The van der Waals surface area contributed by atoms with Crippen LogP contribution in [-0.2, 0) is 0 Å². The highest BCUT2D eigenvalue weighted by Crippen LogP contribution is 2.22. The lowest BCUT2D eigenvalue weighted by Crippen LogP contribution is -2.26. The van der Waals surface area contributed by atoms with Gasteiger partial charge in [0.2, 0.25) is 0 Å². The highest BCUT2D eigenvalue weighted by atomic mass is 16.1. The standard InChI is InChI=1S/C19H20N2O/c1-12-8-9-13(2)18(10-12)21-14(3)19(22)16-11-20-17-7-5-4-6-15(16)17/h4-11,14,20-21H,1-3H3. The molecule has 3 heteroatoms. The molecule has 1 aromatic heterocycles. The van der Waals surface area contributed by atoms with E-state index in [9.17, 15) is 4.79 Å². The average Bonchev–Trinajstić information content (AvgIpc) is 2.94. The van der Waals surface area contributed by atoms with Crippen LogP contribution in [0.25, 0.3) is 10.9 Å². The van der Waals surface area contributed by atoms with Gasteiger partial charge in [0, 0.05) is 28.4 Å².